The molecule has 0 bridgehead atoms. The van der Waals surface area contributed by atoms with Crippen molar-refractivity contribution < 1.29 is 27.9 Å². The van der Waals surface area contributed by atoms with Crippen molar-refractivity contribution in [2.24, 2.45) is 5.92 Å². The third-order valence-electron chi connectivity index (χ3n) is 7.91. The summed E-state index contributed by atoms with van der Waals surface area (Å²) >= 11 is 0. The zero-order valence-electron chi connectivity index (χ0n) is 23.8. The van der Waals surface area contributed by atoms with Gasteiger partial charge in [-0.05, 0) is 49.1 Å². The lowest BCUT2D eigenvalue weighted by molar-refractivity contribution is -0.282. The van der Waals surface area contributed by atoms with Gasteiger partial charge in [-0.2, -0.15) is 0 Å². The molecule has 1 aliphatic heterocycles. The van der Waals surface area contributed by atoms with Crippen molar-refractivity contribution >= 4 is 22.6 Å². The SMILES string of the molecule is CC[C@@H](C)CC(=O)OC1C(C)OC(OC)C(O[Si](C)(C)C(C)(C)C)C1O[Si](C)(C)C(C)(C)C. The lowest BCUT2D eigenvalue weighted by atomic mass is 9.99. The molecule has 1 saturated heterocycles. The number of hydrogen-bond donors (Lipinski definition) is 0. The molecular weight excluding hydrogens is 452 g/mol. The number of hydrogen-bond acceptors (Lipinski definition) is 6. The van der Waals surface area contributed by atoms with Crippen molar-refractivity contribution in [3.05, 3.63) is 0 Å². The summed E-state index contributed by atoms with van der Waals surface area (Å²) in [5.41, 5.74) is 0. The number of carbonyl (C=O) groups excluding carboxylic acids is 1. The normalized spacial score (nSPS) is 28.5. The highest BCUT2D eigenvalue weighted by molar-refractivity contribution is 6.74. The summed E-state index contributed by atoms with van der Waals surface area (Å²) in [6.07, 6.45) is -1.15. The van der Waals surface area contributed by atoms with Crippen LogP contribution in [0.25, 0.3) is 0 Å². The molecule has 0 spiro atoms. The Bertz CT molecular complexity index is 638. The molecule has 0 radical (unpaired) electrons. The molecule has 0 amide bonds. The van der Waals surface area contributed by atoms with Crippen molar-refractivity contribution in [2.45, 2.75) is 142 Å². The summed E-state index contributed by atoms with van der Waals surface area (Å²) in [5.74, 6) is 0.0543. The second-order valence-corrected chi connectivity index (χ2v) is 22.3. The van der Waals surface area contributed by atoms with Crippen LogP contribution in [0.1, 0.15) is 75.2 Å². The van der Waals surface area contributed by atoms with Crippen LogP contribution >= 0.6 is 0 Å². The average Bonchev–Trinajstić information content (AvgIpc) is 2.64. The minimum atomic E-state index is -2.23. The Morgan fingerprint density at radius 1 is 0.909 bits per heavy atom. The average molecular weight is 505 g/mol. The smallest absolute Gasteiger partial charge is 0.306 e. The molecule has 0 aromatic carbocycles. The molecule has 1 fully saturated rings. The third kappa shape index (κ3) is 7.87. The molecule has 0 N–H and O–H groups in total. The van der Waals surface area contributed by atoms with E-state index >= 15 is 0 Å². The molecule has 0 aromatic heterocycles. The lowest BCUT2D eigenvalue weighted by Gasteiger charge is -2.51. The van der Waals surface area contributed by atoms with Gasteiger partial charge in [0.25, 0.3) is 0 Å². The highest BCUT2D eigenvalue weighted by Crippen LogP contribution is 2.43. The van der Waals surface area contributed by atoms with Gasteiger partial charge in [-0.15, -0.1) is 0 Å². The van der Waals surface area contributed by atoms with Gasteiger partial charge in [-0.3, -0.25) is 4.79 Å². The lowest BCUT2D eigenvalue weighted by Crippen LogP contribution is -2.65. The number of methoxy groups -OCH3 is 1. The van der Waals surface area contributed by atoms with Crippen molar-refractivity contribution in [3.63, 3.8) is 0 Å². The van der Waals surface area contributed by atoms with Crippen LogP contribution in [0.15, 0.2) is 0 Å². The van der Waals surface area contributed by atoms with Crippen molar-refractivity contribution in [1.82, 2.24) is 0 Å². The molecule has 1 rings (SSSR count). The molecule has 6 nitrogen and oxygen atoms in total. The van der Waals surface area contributed by atoms with Crippen LogP contribution in [0, 0.1) is 5.92 Å². The molecule has 5 unspecified atom stereocenters. The first-order valence-corrected chi connectivity index (χ1v) is 18.3. The van der Waals surface area contributed by atoms with E-state index in [-0.39, 0.29) is 28.1 Å². The summed E-state index contributed by atoms with van der Waals surface area (Å²) in [4.78, 5) is 12.9. The van der Waals surface area contributed by atoms with Gasteiger partial charge in [0, 0.05) is 13.5 Å². The fraction of sp³-hybridized carbons (Fsp3) is 0.960. The maximum atomic E-state index is 12.9. The number of rotatable bonds is 9. The molecule has 6 atom stereocenters. The fourth-order valence-electron chi connectivity index (χ4n) is 3.25. The molecular formula is C25H52O6Si2. The van der Waals surface area contributed by atoms with E-state index in [1.807, 2.05) is 6.92 Å². The maximum absolute atomic E-state index is 12.9. The Hall–Kier alpha value is -0.256. The zero-order chi connectivity index (χ0) is 26.0. The summed E-state index contributed by atoms with van der Waals surface area (Å²) in [6.45, 7) is 28.2. The zero-order valence-corrected chi connectivity index (χ0v) is 25.8. The van der Waals surface area contributed by atoms with Crippen LogP contribution in [0.4, 0.5) is 0 Å². The third-order valence-corrected chi connectivity index (χ3v) is 16.9. The highest BCUT2D eigenvalue weighted by Gasteiger charge is 2.54. The van der Waals surface area contributed by atoms with Crippen LogP contribution in [-0.4, -0.2) is 60.4 Å². The molecule has 196 valence electrons. The van der Waals surface area contributed by atoms with Gasteiger partial charge in [0.2, 0.25) is 0 Å². The van der Waals surface area contributed by atoms with Gasteiger partial charge in [0.05, 0.1) is 6.10 Å². The second kappa shape index (κ2) is 11.2. The number of ether oxygens (including phenoxy) is 3. The predicted octanol–water partition coefficient (Wildman–Crippen LogP) is 6.51. The maximum Gasteiger partial charge on any atom is 0.306 e. The van der Waals surface area contributed by atoms with Crippen LogP contribution in [-0.2, 0) is 27.9 Å². The molecule has 0 saturated carbocycles. The van der Waals surface area contributed by atoms with E-state index in [1.165, 1.54) is 0 Å². The van der Waals surface area contributed by atoms with Gasteiger partial charge in [-0.1, -0.05) is 61.8 Å². The molecule has 1 aliphatic rings. The van der Waals surface area contributed by atoms with E-state index < -0.39 is 41.2 Å². The van der Waals surface area contributed by atoms with Crippen molar-refractivity contribution in [2.75, 3.05) is 7.11 Å². The summed E-state index contributed by atoms with van der Waals surface area (Å²) in [7, 11) is -2.79. The first-order valence-electron chi connectivity index (χ1n) is 12.5. The molecule has 0 aromatic rings. The Labute approximate surface area is 205 Å². The van der Waals surface area contributed by atoms with Gasteiger partial charge < -0.3 is 23.1 Å². The summed E-state index contributed by atoms with van der Waals surface area (Å²) in [5, 5.41) is -0.0114. The van der Waals surface area contributed by atoms with Crippen molar-refractivity contribution in [3.8, 4) is 0 Å². The first-order chi connectivity index (χ1) is 14.8. The second-order valence-electron chi connectivity index (χ2n) is 12.8. The molecule has 0 aliphatic carbocycles. The predicted molar refractivity (Wildman–Crippen MR) is 139 cm³/mol. The van der Waals surface area contributed by atoms with Crippen molar-refractivity contribution in [1.29, 1.82) is 0 Å². The van der Waals surface area contributed by atoms with E-state index in [0.29, 0.717) is 6.42 Å². The largest absolute Gasteiger partial charge is 0.457 e. The fourth-order valence-corrected chi connectivity index (χ4v) is 5.83. The van der Waals surface area contributed by atoms with Gasteiger partial charge >= 0.3 is 5.97 Å². The van der Waals surface area contributed by atoms with Crippen LogP contribution < -0.4 is 0 Å². The Morgan fingerprint density at radius 2 is 1.36 bits per heavy atom. The van der Waals surface area contributed by atoms with Crippen LogP contribution in [0.3, 0.4) is 0 Å². The summed E-state index contributed by atoms with van der Waals surface area (Å²) in [6, 6.07) is 0. The quantitative estimate of drug-likeness (QED) is 0.263. The number of esters is 1. The van der Waals surface area contributed by atoms with E-state index in [2.05, 4.69) is 81.6 Å². The minimum absolute atomic E-state index is 0.00138. The summed E-state index contributed by atoms with van der Waals surface area (Å²) < 4.78 is 31.9. The van der Waals surface area contributed by atoms with E-state index in [0.717, 1.165) is 6.42 Å². The van der Waals surface area contributed by atoms with Gasteiger partial charge in [0.15, 0.2) is 29.0 Å². The Morgan fingerprint density at radius 3 is 1.76 bits per heavy atom. The molecule has 33 heavy (non-hydrogen) atoms. The Kier molecular flexibility index (Phi) is 10.5. The first kappa shape index (κ1) is 30.8. The van der Waals surface area contributed by atoms with E-state index in [9.17, 15) is 4.79 Å². The van der Waals surface area contributed by atoms with Crippen LogP contribution in [0.5, 0.6) is 0 Å². The Balaban J connectivity index is 3.44. The highest BCUT2D eigenvalue weighted by atomic mass is 28.4. The minimum Gasteiger partial charge on any atom is -0.457 e. The monoisotopic (exact) mass is 504 g/mol. The standard InChI is InChI=1S/C25H52O6Si2/c1-15-17(2)16-19(26)29-20-18(3)28-23(27-10)22(31-33(13,14)25(7,8)9)21(20)30-32(11,12)24(4,5)6/h17-18,20-23H,15-16H2,1-14H3/t17-,18?,20?,21?,22?,23?/m1/s1. The topological polar surface area (TPSA) is 63.2 Å². The molecule has 8 heteroatoms. The van der Waals surface area contributed by atoms with Gasteiger partial charge in [-0.25, -0.2) is 0 Å². The number of carbonyl (C=O) groups is 1. The van der Waals surface area contributed by atoms with Crippen LogP contribution in [0.2, 0.25) is 36.3 Å². The van der Waals surface area contributed by atoms with E-state index in [4.69, 9.17) is 23.1 Å². The van der Waals surface area contributed by atoms with Gasteiger partial charge in [0.1, 0.15) is 12.2 Å². The van der Waals surface area contributed by atoms with E-state index in [1.54, 1.807) is 7.11 Å². The molecule has 1 heterocycles.